The fraction of sp³-hybridized carbons (Fsp3) is 0.500. The lowest BCUT2D eigenvalue weighted by molar-refractivity contribution is 0.282. The first-order chi connectivity index (χ1) is 13.0. The van der Waals surface area contributed by atoms with Gasteiger partial charge in [0, 0.05) is 30.6 Å². The van der Waals surface area contributed by atoms with Crippen LogP contribution in [0.3, 0.4) is 0 Å². The normalized spacial score (nSPS) is 26.1. The van der Waals surface area contributed by atoms with Gasteiger partial charge in [-0.15, -0.1) is 0 Å². The van der Waals surface area contributed by atoms with E-state index in [0.717, 1.165) is 37.8 Å². The van der Waals surface area contributed by atoms with E-state index in [0.29, 0.717) is 10.7 Å². The van der Waals surface area contributed by atoms with Crippen LogP contribution < -0.4 is 9.62 Å². The van der Waals surface area contributed by atoms with Gasteiger partial charge in [-0.05, 0) is 43.2 Å². The van der Waals surface area contributed by atoms with E-state index in [1.807, 2.05) is 30.3 Å². The van der Waals surface area contributed by atoms with E-state index in [1.54, 1.807) is 19.2 Å². The number of nitrogens with one attached hydrogen (secondary N) is 1. The molecule has 1 aromatic carbocycles. The summed E-state index contributed by atoms with van der Waals surface area (Å²) in [5.74, 6) is -0.221. The standard InChI is InChI=1S/C20H27ClN2O3S/c1-23-18-9-5-4-8-16(18)20(22-12-6-2-3-7-13-24)17-11-10-15(21)14-19(17)27(23,25)26/h4-5,8-11,14,17,19-20,22,24H,2-3,6-7,12-13H2,1H3. The summed E-state index contributed by atoms with van der Waals surface area (Å²) in [5.41, 5.74) is 1.70. The number of hydrogen-bond donors (Lipinski definition) is 2. The quantitative estimate of drug-likeness (QED) is 0.676. The Bertz CT molecular complexity index is 822. The van der Waals surface area contributed by atoms with Gasteiger partial charge in [-0.3, -0.25) is 4.31 Å². The predicted octanol–water partition coefficient (Wildman–Crippen LogP) is 3.33. The Morgan fingerprint density at radius 3 is 2.70 bits per heavy atom. The zero-order chi connectivity index (χ0) is 19.4. The molecule has 1 aliphatic heterocycles. The number of sulfonamides is 1. The van der Waals surface area contributed by atoms with Crippen molar-refractivity contribution in [3.63, 3.8) is 0 Å². The van der Waals surface area contributed by atoms with Gasteiger partial charge < -0.3 is 10.4 Å². The van der Waals surface area contributed by atoms with Crippen LogP contribution in [0.5, 0.6) is 0 Å². The number of unbranched alkanes of at least 4 members (excludes halogenated alkanes) is 3. The number of halogens is 1. The van der Waals surface area contributed by atoms with E-state index in [2.05, 4.69) is 5.32 Å². The lowest BCUT2D eigenvalue weighted by Crippen LogP contribution is -2.41. The van der Waals surface area contributed by atoms with Crippen LogP contribution in [0.15, 0.2) is 47.5 Å². The average Bonchev–Trinajstić information content (AvgIpc) is 2.73. The molecule has 148 valence electrons. The van der Waals surface area contributed by atoms with E-state index in [4.69, 9.17) is 16.7 Å². The molecule has 0 spiro atoms. The molecular formula is C20H27ClN2O3S. The van der Waals surface area contributed by atoms with E-state index < -0.39 is 15.3 Å². The van der Waals surface area contributed by atoms with Crippen LogP contribution in [0.2, 0.25) is 0 Å². The first kappa shape index (κ1) is 20.4. The Balaban J connectivity index is 1.90. The highest BCUT2D eigenvalue weighted by Crippen LogP contribution is 2.43. The number of aliphatic hydroxyl groups excluding tert-OH is 1. The van der Waals surface area contributed by atoms with E-state index in [9.17, 15) is 8.42 Å². The summed E-state index contributed by atoms with van der Waals surface area (Å²) in [6.07, 6.45) is 9.22. The third-order valence-corrected chi connectivity index (χ3v) is 7.70. The number of fused-ring (bicyclic) bond motifs is 2. The predicted molar refractivity (Wildman–Crippen MR) is 110 cm³/mol. The summed E-state index contributed by atoms with van der Waals surface area (Å²) < 4.78 is 27.8. The van der Waals surface area contributed by atoms with Crippen molar-refractivity contribution < 1.29 is 13.5 Å². The van der Waals surface area contributed by atoms with Crippen molar-refractivity contribution >= 4 is 27.3 Å². The Morgan fingerprint density at radius 1 is 1.19 bits per heavy atom. The van der Waals surface area contributed by atoms with E-state index >= 15 is 0 Å². The zero-order valence-corrected chi connectivity index (χ0v) is 17.1. The van der Waals surface area contributed by atoms with Crippen molar-refractivity contribution in [3.05, 3.63) is 53.1 Å². The highest BCUT2D eigenvalue weighted by atomic mass is 35.5. The van der Waals surface area contributed by atoms with Crippen molar-refractivity contribution in [1.82, 2.24) is 5.32 Å². The number of benzene rings is 1. The molecule has 0 radical (unpaired) electrons. The first-order valence-electron chi connectivity index (χ1n) is 9.43. The maximum Gasteiger partial charge on any atom is 0.242 e. The molecule has 5 nitrogen and oxygen atoms in total. The second-order valence-electron chi connectivity index (χ2n) is 7.09. The fourth-order valence-electron chi connectivity index (χ4n) is 3.88. The molecule has 0 amide bonds. The Labute approximate surface area is 166 Å². The van der Waals surface area contributed by atoms with Crippen LogP contribution in [0.25, 0.3) is 0 Å². The summed E-state index contributed by atoms with van der Waals surface area (Å²) in [5, 5.41) is 12.2. The highest BCUT2D eigenvalue weighted by Gasteiger charge is 2.44. The molecule has 27 heavy (non-hydrogen) atoms. The zero-order valence-electron chi connectivity index (χ0n) is 15.5. The van der Waals surface area contributed by atoms with E-state index in [-0.39, 0.29) is 18.6 Å². The fourth-order valence-corrected chi connectivity index (χ4v) is 5.93. The Kier molecular flexibility index (Phi) is 6.63. The third kappa shape index (κ3) is 4.24. The smallest absolute Gasteiger partial charge is 0.242 e. The topological polar surface area (TPSA) is 69.6 Å². The number of para-hydroxylation sites is 1. The SMILES string of the molecule is CN1c2ccccc2C(NCCCCCCO)C2C=CC(Cl)=CC2S1(=O)=O. The largest absolute Gasteiger partial charge is 0.396 e. The molecule has 3 unspecified atom stereocenters. The van der Waals surface area contributed by atoms with Gasteiger partial charge in [-0.1, -0.05) is 48.7 Å². The lowest BCUT2D eigenvalue weighted by Gasteiger charge is -2.30. The number of anilines is 1. The summed E-state index contributed by atoms with van der Waals surface area (Å²) in [7, 11) is -1.95. The van der Waals surface area contributed by atoms with Gasteiger partial charge in [0.2, 0.25) is 10.0 Å². The molecule has 0 fully saturated rings. The summed E-state index contributed by atoms with van der Waals surface area (Å²) in [6.45, 7) is 1.03. The molecule has 1 aromatic rings. The maximum atomic E-state index is 13.2. The summed E-state index contributed by atoms with van der Waals surface area (Å²) in [6, 6.07) is 7.56. The van der Waals surface area contributed by atoms with Crippen LogP contribution in [-0.2, 0) is 10.0 Å². The van der Waals surface area contributed by atoms with Crippen LogP contribution in [0.4, 0.5) is 5.69 Å². The number of allylic oxidation sites excluding steroid dienone is 2. The van der Waals surface area contributed by atoms with Crippen molar-refractivity contribution in [2.45, 2.75) is 37.0 Å². The number of hydrogen-bond acceptors (Lipinski definition) is 4. The second-order valence-corrected chi connectivity index (χ2v) is 9.65. The summed E-state index contributed by atoms with van der Waals surface area (Å²) in [4.78, 5) is 0. The second kappa shape index (κ2) is 8.78. The van der Waals surface area contributed by atoms with Crippen molar-refractivity contribution in [1.29, 1.82) is 0 Å². The number of nitrogens with zero attached hydrogens (tertiary/aromatic N) is 1. The molecule has 0 bridgehead atoms. The molecule has 3 atom stereocenters. The molecule has 2 N–H and O–H groups in total. The lowest BCUT2D eigenvalue weighted by atomic mass is 9.86. The van der Waals surface area contributed by atoms with Crippen molar-refractivity contribution in [3.8, 4) is 0 Å². The van der Waals surface area contributed by atoms with Crippen molar-refractivity contribution in [2.24, 2.45) is 5.92 Å². The van der Waals surface area contributed by atoms with Crippen LogP contribution in [-0.4, -0.2) is 39.0 Å². The van der Waals surface area contributed by atoms with Gasteiger partial charge in [0.25, 0.3) is 0 Å². The van der Waals surface area contributed by atoms with Gasteiger partial charge in [-0.2, -0.15) is 0 Å². The number of aliphatic hydroxyl groups is 1. The minimum Gasteiger partial charge on any atom is -0.396 e. The minimum absolute atomic E-state index is 0.110. The Morgan fingerprint density at radius 2 is 1.93 bits per heavy atom. The molecular weight excluding hydrogens is 384 g/mol. The average molecular weight is 411 g/mol. The molecule has 0 saturated heterocycles. The van der Waals surface area contributed by atoms with Crippen molar-refractivity contribution in [2.75, 3.05) is 24.5 Å². The van der Waals surface area contributed by atoms with Crippen LogP contribution in [0.1, 0.15) is 37.3 Å². The third-order valence-electron chi connectivity index (χ3n) is 5.35. The molecule has 3 rings (SSSR count). The number of rotatable bonds is 7. The first-order valence-corrected chi connectivity index (χ1v) is 11.3. The molecule has 7 heteroatoms. The molecule has 1 heterocycles. The monoisotopic (exact) mass is 410 g/mol. The highest BCUT2D eigenvalue weighted by molar-refractivity contribution is 7.93. The van der Waals surface area contributed by atoms with Gasteiger partial charge in [-0.25, -0.2) is 8.42 Å². The molecule has 1 aliphatic carbocycles. The van der Waals surface area contributed by atoms with Crippen LogP contribution in [0, 0.1) is 5.92 Å². The van der Waals surface area contributed by atoms with Gasteiger partial charge in [0.15, 0.2) is 0 Å². The Hall–Kier alpha value is -1.34. The summed E-state index contributed by atoms with van der Waals surface area (Å²) >= 11 is 6.15. The van der Waals surface area contributed by atoms with Gasteiger partial charge in [0.1, 0.15) is 5.25 Å². The molecule has 2 aliphatic rings. The van der Waals surface area contributed by atoms with Gasteiger partial charge >= 0.3 is 0 Å². The minimum atomic E-state index is -3.57. The molecule has 0 aromatic heterocycles. The van der Waals surface area contributed by atoms with Gasteiger partial charge in [0.05, 0.1) is 5.69 Å². The maximum absolute atomic E-state index is 13.2. The molecule has 0 saturated carbocycles. The van der Waals surface area contributed by atoms with Crippen LogP contribution >= 0.6 is 11.6 Å². The van der Waals surface area contributed by atoms with E-state index in [1.165, 1.54) is 4.31 Å².